The molecule has 0 radical (unpaired) electrons. The molecule has 1 atom stereocenters. The first-order chi connectivity index (χ1) is 9.45. The summed E-state index contributed by atoms with van der Waals surface area (Å²) in [5, 5.41) is 7.19. The van der Waals surface area contributed by atoms with Crippen LogP contribution in [-0.2, 0) is 11.3 Å². The Bertz CT molecular complexity index is 601. The van der Waals surface area contributed by atoms with Crippen LogP contribution in [0.1, 0.15) is 24.1 Å². The highest BCUT2D eigenvalue weighted by Crippen LogP contribution is 2.11. The number of rotatable bonds is 4. The van der Waals surface area contributed by atoms with Gasteiger partial charge in [-0.1, -0.05) is 24.6 Å². The molecule has 5 nitrogen and oxygen atoms in total. The van der Waals surface area contributed by atoms with Gasteiger partial charge in [-0.25, -0.2) is 9.67 Å². The third-order valence-corrected chi connectivity index (χ3v) is 3.18. The molecule has 5 heteroatoms. The fourth-order valence-corrected chi connectivity index (χ4v) is 1.98. The molecule has 0 aliphatic carbocycles. The second-order valence-corrected chi connectivity index (χ2v) is 5.14. The molecule has 0 saturated heterocycles. The lowest BCUT2D eigenvalue weighted by atomic mass is 10.1. The zero-order chi connectivity index (χ0) is 14.7. The van der Waals surface area contributed by atoms with Gasteiger partial charge in [-0.3, -0.25) is 4.79 Å². The van der Waals surface area contributed by atoms with Crippen LogP contribution < -0.4 is 5.32 Å². The van der Waals surface area contributed by atoms with Crippen LogP contribution in [0.4, 0.5) is 5.69 Å². The number of aryl methyl sites for hydroxylation is 3. The van der Waals surface area contributed by atoms with Gasteiger partial charge < -0.3 is 5.32 Å². The predicted octanol–water partition coefficient (Wildman–Crippen LogP) is 2.48. The van der Waals surface area contributed by atoms with Crippen molar-refractivity contribution in [3.63, 3.8) is 0 Å². The third-order valence-electron chi connectivity index (χ3n) is 3.18. The number of benzene rings is 1. The summed E-state index contributed by atoms with van der Waals surface area (Å²) in [5.74, 6) is 1.38. The molecule has 0 bridgehead atoms. The van der Waals surface area contributed by atoms with Crippen LogP contribution in [0.5, 0.6) is 0 Å². The highest BCUT2D eigenvalue weighted by atomic mass is 16.1. The van der Waals surface area contributed by atoms with Gasteiger partial charge in [-0.2, -0.15) is 5.10 Å². The molecule has 0 aliphatic heterocycles. The Morgan fingerprint density at radius 2 is 1.90 bits per heavy atom. The summed E-state index contributed by atoms with van der Waals surface area (Å²) in [6, 6.07) is 7.77. The van der Waals surface area contributed by atoms with Gasteiger partial charge in [0.25, 0.3) is 0 Å². The number of amides is 1. The smallest absolute Gasteiger partial charge is 0.229 e. The van der Waals surface area contributed by atoms with Gasteiger partial charge >= 0.3 is 0 Å². The normalized spacial score (nSPS) is 12.2. The van der Waals surface area contributed by atoms with E-state index in [1.165, 1.54) is 5.56 Å². The molecule has 1 heterocycles. The molecular formula is C15H20N4O. The van der Waals surface area contributed by atoms with Crippen LogP contribution in [0, 0.1) is 26.7 Å². The number of hydrogen-bond donors (Lipinski definition) is 1. The number of hydrogen-bond acceptors (Lipinski definition) is 3. The van der Waals surface area contributed by atoms with E-state index in [1.807, 2.05) is 52.0 Å². The van der Waals surface area contributed by atoms with E-state index >= 15 is 0 Å². The number of nitrogens with zero attached hydrogens (tertiary/aromatic N) is 3. The highest BCUT2D eigenvalue weighted by Gasteiger charge is 2.15. The average molecular weight is 272 g/mol. The molecule has 20 heavy (non-hydrogen) atoms. The van der Waals surface area contributed by atoms with E-state index in [9.17, 15) is 4.79 Å². The molecule has 1 amide bonds. The van der Waals surface area contributed by atoms with Crippen LogP contribution in [0.25, 0.3) is 0 Å². The minimum Gasteiger partial charge on any atom is -0.326 e. The van der Waals surface area contributed by atoms with Crippen molar-refractivity contribution in [1.29, 1.82) is 0 Å². The molecule has 0 saturated carbocycles. The minimum absolute atomic E-state index is 0.0126. The zero-order valence-electron chi connectivity index (χ0n) is 12.3. The topological polar surface area (TPSA) is 59.8 Å². The lowest BCUT2D eigenvalue weighted by Crippen LogP contribution is -2.25. The molecule has 1 aromatic heterocycles. The summed E-state index contributed by atoms with van der Waals surface area (Å²) in [4.78, 5) is 16.4. The van der Waals surface area contributed by atoms with Crippen LogP contribution >= 0.6 is 0 Å². The first kappa shape index (κ1) is 14.2. The average Bonchev–Trinajstić information content (AvgIpc) is 2.70. The second-order valence-electron chi connectivity index (χ2n) is 5.14. The Kier molecular flexibility index (Phi) is 4.17. The fraction of sp³-hybridized carbons (Fsp3) is 0.400. The summed E-state index contributed by atoms with van der Waals surface area (Å²) in [6.07, 6.45) is 0. The summed E-state index contributed by atoms with van der Waals surface area (Å²) < 4.78 is 1.77. The number of carbonyl (C=O) groups is 1. The monoisotopic (exact) mass is 272 g/mol. The molecule has 106 valence electrons. The number of nitrogens with one attached hydrogen (secondary N) is 1. The van der Waals surface area contributed by atoms with Crippen LogP contribution in [0.2, 0.25) is 0 Å². The number of carbonyl (C=O) groups excluding carboxylic acids is 1. The van der Waals surface area contributed by atoms with E-state index in [1.54, 1.807) is 4.68 Å². The quantitative estimate of drug-likeness (QED) is 0.930. The molecule has 2 rings (SSSR count). The van der Waals surface area contributed by atoms with Crippen molar-refractivity contribution in [1.82, 2.24) is 14.8 Å². The van der Waals surface area contributed by atoms with E-state index in [4.69, 9.17) is 0 Å². The summed E-state index contributed by atoms with van der Waals surface area (Å²) >= 11 is 0. The van der Waals surface area contributed by atoms with Gasteiger partial charge in [0.2, 0.25) is 5.91 Å². The Labute approximate surface area is 119 Å². The molecule has 0 aliphatic rings. The maximum atomic E-state index is 12.1. The van der Waals surface area contributed by atoms with E-state index in [2.05, 4.69) is 15.4 Å². The maximum absolute atomic E-state index is 12.1. The van der Waals surface area contributed by atoms with Crippen molar-refractivity contribution in [2.75, 3.05) is 5.32 Å². The van der Waals surface area contributed by atoms with Crippen LogP contribution in [0.15, 0.2) is 24.3 Å². The van der Waals surface area contributed by atoms with Crippen molar-refractivity contribution in [3.8, 4) is 0 Å². The largest absolute Gasteiger partial charge is 0.326 e. The summed E-state index contributed by atoms with van der Waals surface area (Å²) in [7, 11) is 0. The maximum Gasteiger partial charge on any atom is 0.229 e. The fourth-order valence-electron chi connectivity index (χ4n) is 1.98. The molecule has 1 N–H and O–H groups in total. The molecule has 1 unspecified atom stereocenters. The van der Waals surface area contributed by atoms with Gasteiger partial charge in [-0.05, 0) is 32.9 Å². The van der Waals surface area contributed by atoms with E-state index in [0.29, 0.717) is 6.54 Å². The molecule has 0 fully saturated rings. The number of aromatic nitrogens is 3. The Morgan fingerprint density at radius 1 is 1.25 bits per heavy atom. The van der Waals surface area contributed by atoms with Crippen molar-refractivity contribution >= 4 is 11.6 Å². The first-order valence-corrected chi connectivity index (χ1v) is 6.71. The first-order valence-electron chi connectivity index (χ1n) is 6.71. The summed E-state index contributed by atoms with van der Waals surface area (Å²) in [6.45, 7) is 8.18. The molecule has 0 spiro atoms. The van der Waals surface area contributed by atoms with E-state index in [-0.39, 0.29) is 11.8 Å². The van der Waals surface area contributed by atoms with Gasteiger partial charge in [0.1, 0.15) is 11.6 Å². The van der Waals surface area contributed by atoms with Crippen molar-refractivity contribution < 1.29 is 4.79 Å². The second kappa shape index (κ2) is 5.86. The van der Waals surface area contributed by atoms with Gasteiger partial charge in [-0.15, -0.1) is 0 Å². The molecular weight excluding hydrogens is 252 g/mol. The van der Waals surface area contributed by atoms with Crippen molar-refractivity contribution in [2.45, 2.75) is 34.2 Å². The minimum atomic E-state index is -0.170. The van der Waals surface area contributed by atoms with Crippen molar-refractivity contribution in [3.05, 3.63) is 41.5 Å². The van der Waals surface area contributed by atoms with Gasteiger partial charge in [0.15, 0.2) is 0 Å². The lowest BCUT2D eigenvalue weighted by Gasteiger charge is -2.13. The lowest BCUT2D eigenvalue weighted by molar-refractivity contribution is -0.119. The molecule has 1 aromatic carbocycles. The van der Waals surface area contributed by atoms with Crippen molar-refractivity contribution in [2.24, 2.45) is 5.92 Å². The van der Waals surface area contributed by atoms with Gasteiger partial charge in [0, 0.05) is 5.69 Å². The molecule has 2 aromatic rings. The highest BCUT2D eigenvalue weighted by molar-refractivity contribution is 5.92. The third kappa shape index (κ3) is 3.44. The Morgan fingerprint density at radius 3 is 2.45 bits per heavy atom. The van der Waals surface area contributed by atoms with Gasteiger partial charge in [0.05, 0.1) is 12.5 Å². The Hall–Kier alpha value is -2.17. The van der Waals surface area contributed by atoms with E-state index < -0.39 is 0 Å². The predicted molar refractivity (Wildman–Crippen MR) is 78.5 cm³/mol. The van der Waals surface area contributed by atoms with Crippen LogP contribution in [-0.4, -0.2) is 20.7 Å². The number of anilines is 1. The SMILES string of the molecule is Cc1ccc(NC(=O)C(C)Cn2nc(C)nc2C)cc1. The van der Waals surface area contributed by atoms with E-state index in [0.717, 1.165) is 17.3 Å². The standard InChI is InChI=1S/C15H20N4O/c1-10-5-7-14(8-6-10)17-15(20)11(2)9-19-13(4)16-12(3)18-19/h5-8,11H,9H2,1-4H3,(H,17,20). The van der Waals surface area contributed by atoms with Crippen LogP contribution in [0.3, 0.4) is 0 Å². The Balaban J connectivity index is 1.98. The zero-order valence-corrected chi connectivity index (χ0v) is 12.3. The summed E-state index contributed by atoms with van der Waals surface area (Å²) in [5.41, 5.74) is 1.99.